The summed E-state index contributed by atoms with van der Waals surface area (Å²) in [6.45, 7) is 0. The molecule has 7 nitrogen and oxygen atoms in total. The van der Waals surface area contributed by atoms with E-state index >= 15 is 0 Å². The van der Waals surface area contributed by atoms with Gasteiger partial charge in [-0.2, -0.15) is 0 Å². The zero-order chi connectivity index (χ0) is 18.0. The Morgan fingerprint density at radius 2 is 1.62 bits per heavy atom. The van der Waals surface area contributed by atoms with Crippen molar-refractivity contribution in [2.24, 2.45) is 0 Å². The predicted molar refractivity (Wildman–Crippen MR) is 103 cm³/mol. The summed E-state index contributed by atoms with van der Waals surface area (Å²) in [6, 6.07) is 11.4. The maximum atomic E-state index is 11.2. The average Bonchev–Trinajstić information content (AvgIpc) is 2.60. The van der Waals surface area contributed by atoms with Gasteiger partial charge in [-0.15, -0.1) is 0 Å². The van der Waals surface area contributed by atoms with Gasteiger partial charge in [0, 0.05) is 29.0 Å². The number of anilines is 2. The Labute approximate surface area is 172 Å². The Bertz CT molecular complexity index is 959. The molecule has 0 saturated heterocycles. The summed E-state index contributed by atoms with van der Waals surface area (Å²) in [4.78, 5) is 22.7. The van der Waals surface area contributed by atoms with Gasteiger partial charge in [0.05, 0.1) is 25.0 Å². The summed E-state index contributed by atoms with van der Waals surface area (Å²) in [6.07, 6.45) is 1.67. The first-order valence-corrected chi connectivity index (χ1v) is 8.97. The number of hydrogen-bond acceptors (Lipinski definition) is 5. The fourth-order valence-electron chi connectivity index (χ4n) is 2.48. The van der Waals surface area contributed by atoms with Crippen LogP contribution in [-0.2, 0) is 4.57 Å². The second-order valence-corrected chi connectivity index (χ2v) is 6.90. The Balaban J connectivity index is 0.00000243. The molecule has 132 valence electrons. The summed E-state index contributed by atoms with van der Waals surface area (Å²) in [5.41, 5.74) is 2.21. The van der Waals surface area contributed by atoms with Crippen LogP contribution in [0.3, 0.4) is 0 Å². The number of nitrogens with zero attached hydrogens (tertiary/aromatic N) is 1. The van der Waals surface area contributed by atoms with Crippen LogP contribution in [0.15, 0.2) is 48.7 Å². The first-order valence-electron chi connectivity index (χ1n) is 7.36. The third kappa shape index (κ3) is 4.38. The zero-order valence-corrected chi connectivity index (χ0v) is 14.5. The minimum atomic E-state index is -4.25. The van der Waals surface area contributed by atoms with Crippen LogP contribution in [0.2, 0.25) is 0 Å². The molecule has 0 unspecified atom stereocenters. The van der Waals surface area contributed by atoms with Crippen LogP contribution in [0.1, 0.15) is 0 Å². The number of pyridine rings is 1. The second kappa shape index (κ2) is 8.39. The molecule has 0 saturated carbocycles. The van der Waals surface area contributed by atoms with Crippen LogP contribution in [0.4, 0.5) is 11.4 Å². The van der Waals surface area contributed by atoms with Gasteiger partial charge >= 0.3 is 37.2 Å². The molecule has 0 amide bonds. The van der Waals surface area contributed by atoms with Crippen molar-refractivity contribution >= 4 is 64.7 Å². The van der Waals surface area contributed by atoms with Gasteiger partial charge in [-0.1, -0.05) is 0 Å². The van der Waals surface area contributed by atoms with Gasteiger partial charge in [0.2, 0.25) is 0 Å². The van der Waals surface area contributed by atoms with Crippen molar-refractivity contribution in [3.63, 3.8) is 0 Å². The molecule has 0 spiro atoms. The Hall–Kier alpha value is -1.60. The average molecular weight is 384 g/mol. The van der Waals surface area contributed by atoms with E-state index in [4.69, 9.17) is 9.47 Å². The maximum absolute atomic E-state index is 11.2. The zero-order valence-electron chi connectivity index (χ0n) is 13.6. The third-order valence-electron chi connectivity index (χ3n) is 3.73. The third-order valence-corrected chi connectivity index (χ3v) is 4.70. The summed E-state index contributed by atoms with van der Waals surface area (Å²) < 4.78 is 21.9. The number of aromatic nitrogens is 1. The van der Waals surface area contributed by atoms with E-state index in [1.54, 1.807) is 38.6 Å². The standard InChI is InChI=1S/C17H17N2O5P.Na.H/c1-23-16-9-13-14(7-8-18-15(13)10-17(16)24-2)19-11-3-5-12(6-4-11)25(20,21)22;;/h3-10H,1-2H3,(H,18,19)(H2,20,21,22);;. The van der Waals surface area contributed by atoms with Crippen LogP contribution >= 0.6 is 7.60 Å². The molecule has 0 radical (unpaired) electrons. The molecule has 3 N–H and O–H groups in total. The normalized spacial score (nSPS) is 10.9. The number of nitrogens with one attached hydrogen (secondary N) is 1. The Kier molecular flexibility index (Phi) is 6.69. The van der Waals surface area contributed by atoms with E-state index in [1.165, 1.54) is 12.1 Å². The molecular formula is C17H18N2NaO5P. The molecule has 0 aliphatic heterocycles. The first kappa shape index (κ1) is 20.7. The van der Waals surface area contributed by atoms with E-state index in [0.29, 0.717) is 17.2 Å². The van der Waals surface area contributed by atoms with E-state index in [0.717, 1.165) is 16.6 Å². The summed E-state index contributed by atoms with van der Waals surface area (Å²) >= 11 is 0. The summed E-state index contributed by atoms with van der Waals surface area (Å²) in [5.74, 6) is 1.17. The molecule has 0 atom stereocenters. The van der Waals surface area contributed by atoms with Gasteiger partial charge in [-0.25, -0.2) is 0 Å². The van der Waals surface area contributed by atoms with Crippen molar-refractivity contribution in [2.75, 3.05) is 19.5 Å². The Morgan fingerprint density at radius 1 is 1.00 bits per heavy atom. The number of ether oxygens (including phenoxy) is 2. The van der Waals surface area contributed by atoms with Gasteiger partial charge < -0.3 is 24.6 Å². The minimum absolute atomic E-state index is 0. The van der Waals surface area contributed by atoms with Gasteiger partial charge in [0.1, 0.15) is 0 Å². The Morgan fingerprint density at radius 3 is 2.19 bits per heavy atom. The molecule has 9 heteroatoms. The fraction of sp³-hybridized carbons (Fsp3) is 0.118. The quantitative estimate of drug-likeness (QED) is 0.458. The van der Waals surface area contributed by atoms with E-state index in [9.17, 15) is 14.4 Å². The van der Waals surface area contributed by atoms with Crippen molar-refractivity contribution in [3.05, 3.63) is 48.7 Å². The van der Waals surface area contributed by atoms with Crippen molar-refractivity contribution in [3.8, 4) is 11.5 Å². The number of benzene rings is 2. The van der Waals surface area contributed by atoms with Crippen molar-refractivity contribution in [1.29, 1.82) is 0 Å². The molecular weight excluding hydrogens is 366 g/mol. The van der Waals surface area contributed by atoms with Crippen LogP contribution in [0.5, 0.6) is 11.5 Å². The van der Waals surface area contributed by atoms with Crippen LogP contribution in [-0.4, -0.2) is 58.5 Å². The molecule has 0 aliphatic carbocycles. The number of rotatable bonds is 5. The fourth-order valence-corrected chi connectivity index (χ4v) is 3.01. The molecule has 3 rings (SSSR count). The van der Waals surface area contributed by atoms with E-state index in [2.05, 4.69) is 10.3 Å². The van der Waals surface area contributed by atoms with E-state index < -0.39 is 7.60 Å². The number of hydrogen-bond donors (Lipinski definition) is 3. The predicted octanol–water partition coefficient (Wildman–Crippen LogP) is 2.15. The molecule has 2 aromatic carbocycles. The molecule has 0 fully saturated rings. The summed E-state index contributed by atoms with van der Waals surface area (Å²) in [7, 11) is -1.12. The molecule has 1 heterocycles. The molecule has 0 aliphatic rings. The molecule has 3 aromatic rings. The number of methoxy groups -OCH3 is 2. The first-order chi connectivity index (χ1) is 11.9. The molecule has 0 bridgehead atoms. The van der Waals surface area contributed by atoms with Crippen LogP contribution < -0.4 is 20.1 Å². The second-order valence-electron chi connectivity index (χ2n) is 5.30. The van der Waals surface area contributed by atoms with Gasteiger partial charge in [0.25, 0.3) is 0 Å². The van der Waals surface area contributed by atoms with Crippen LogP contribution in [0, 0.1) is 0 Å². The van der Waals surface area contributed by atoms with Gasteiger partial charge in [0.15, 0.2) is 11.5 Å². The van der Waals surface area contributed by atoms with Crippen molar-refractivity contribution in [1.82, 2.24) is 4.98 Å². The van der Waals surface area contributed by atoms with Crippen LogP contribution in [0.25, 0.3) is 10.9 Å². The number of fused-ring (bicyclic) bond motifs is 1. The molecule has 26 heavy (non-hydrogen) atoms. The van der Waals surface area contributed by atoms with Gasteiger partial charge in [-0.05, 0) is 36.4 Å². The monoisotopic (exact) mass is 384 g/mol. The topological polar surface area (TPSA) is 101 Å². The van der Waals surface area contributed by atoms with E-state index in [1.807, 2.05) is 12.1 Å². The van der Waals surface area contributed by atoms with Crippen molar-refractivity contribution in [2.45, 2.75) is 0 Å². The molecule has 1 aromatic heterocycles. The van der Waals surface area contributed by atoms with Gasteiger partial charge in [-0.3, -0.25) is 9.55 Å². The summed E-state index contributed by atoms with van der Waals surface area (Å²) in [5, 5.41) is 4.03. The van der Waals surface area contributed by atoms with Crippen molar-refractivity contribution < 1.29 is 23.8 Å². The van der Waals surface area contributed by atoms with E-state index in [-0.39, 0.29) is 34.9 Å². The SMILES string of the molecule is COc1cc2nccc(Nc3ccc(P(=O)(O)O)cc3)c2cc1OC.[NaH].